The van der Waals surface area contributed by atoms with E-state index in [4.69, 9.17) is 0 Å². The maximum Gasteiger partial charge on any atom is 0.417 e. The first-order chi connectivity index (χ1) is 66.7. The fourth-order valence-corrected chi connectivity index (χ4v) is 21.5. The Morgan fingerprint density at radius 3 is 0.860 bits per heavy atom. The Bertz CT molecular complexity index is 8940. The zero-order valence-corrected chi connectivity index (χ0v) is 86.6. The molecule has 718 valence electrons. The van der Waals surface area contributed by atoms with Gasteiger partial charge in [0.1, 0.15) is 0 Å². The van der Waals surface area contributed by atoms with E-state index in [0.29, 0.717) is 95.1 Å². The molecule has 24 rings (SSSR count). The number of nitrogens with zero attached hydrogens (tertiary/aromatic N) is 8. The van der Waals surface area contributed by atoms with E-state index in [1.807, 2.05) is 237 Å². The number of hydrogen-bond donors (Lipinski definition) is 0. The monoisotopic (exact) mass is 2700 g/mol. The molecule has 0 fully saturated rings. The minimum atomic E-state index is -5.21. The second kappa shape index (κ2) is 40.5. The van der Waals surface area contributed by atoms with E-state index in [1.165, 1.54) is 29.5 Å². The Kier molecular flexibility index (Phi) is 28.8. The van der Waals surface area contributed by atoms with Crippen LogP contribution in [0.25, 0.3) is 214 Å². The van der Waals surface area contributed by atoms with Gasteiger partial charge in [-0.2, -0.15) is 107 Å². The molecule has 0 saturated carbocycles. The maximum atomic E-state index is 14.0. The molecule has 0 N–H and O–H groups in total. The first-order valence-corrected chi connectivity index (χ1v) is 46.3. The molecule has 0 saturated heterocycles. The standard InChI is InChI=1S/C28H13F6N2S.3C28H16F3N2S.4Ir/c29-27(30,31)21-10-9-18(13-22(21)28(32,33)34)25-19-11-15-5-1-2-6-16(15)12-20(19)26(36-35-25)24-14-17-7-3-4-8-23(17)37-24;1-16-7-6-11-22(28(29,30)31)25(16)27-21-14-18-9-3-2-8-17(18)13-20(21)26(32-33-27)24-15-19-10-4-5-12-23(19)34-24;1-16-10-20(12-21(11-16)28(29,30)31)26-22-13-17-6-2-3-7-18(17)14-23(22)27(33-32-26)25-15-19-8-4-5-9-24(19)34-25;1-16-10-11-20(28(29,30)31)15-21(16)26-22-12-17-6-2-3-7-18(17)13-23(22)27(33-32-26)25-14-19-8-4-5-9-24(19)34-25;;;;/h1-13H;2*2-14H,1H3;2-13,15H,1H3;;;;/q4*-1;;;;. The zero-order chi connectivity index (χ0) is 96.3. The molecule has 4 radical (unpaired) electrons. The van der Waals surface area contributed by atoms with Crippen molar-refractivity contribution in [2.24, 2.45) is 0 Å². The van der Waals surface area contributed by atoms with E-state index >= 15 is 0 Å². The van der Waals surface area contributed by atoms with Crippen LogP contribution in [0.1, 0.15) is 44.5 Å². The average molecular weight is 2700 g/mol. The molecule has 8 heterocycles. The minimum absolute atomic E-state index is 0. The van der Waals surface area contributed by atoms with Gasteiger partial charge in [0, 0.05) is 147 Å². The largest absolute Gasteiger partial charge is 0.417 e. The summed E-state index contributed by atoms with van der Waals surface area (Å²) in [6, 6.07) is 106. The Balaban J connectivity index is 0.000000130. The molecule has 16 aromatic carbocycles. The summed E-state index contributed by atoms with van der Waals surface area (Å²) < 4.78 is 208. The molecule has 0 amide bonds. The summed E-state index contributed by atoms with van der Waals surface area (Å²) in [4.78, 5) is 3.20. The van der Waals surface area contributed by atoms with Gasteiger partial charge in [0.15, 0.2) is 0 Å². The molecule has 0 spiro atoms. The van der Waals surface area contributed by atoms with Crippen LogP contribution in [-0.4, -0.2) is 40.8 Å². The average Bonchev–Trinajstić information content (AvgIpc) is 1.72. The van der Waals surface area contributed by atoms with E-state index in [1.54, 1.807) is 73.0 Å². The molecular weight excluding hydrogens is 2640 g/mol. The second-order valence-corrected chi connectivity index (χ2v) is 37.4. The maximum absolute atomic E-state index is 14.0. The molecule has 143 heavy (non-hydrogen) atoms. The van der Waals surface area contributed by atoms with Gasteiger partial charge in [-0.3, -0.25) is 0 Å². The number of rotatable bonds is 8. The molecule has 0 unspecified atom stereocenters. The SMILES string of the molecule is Cc1cc(-c2nnc(-c3[c-]c4ccccc4s3)c3cc4ccccc4cc23)cc(C(F)(F)F)c1.Cc1ccc(C(F)(F)F)cc1-c1nnc(-c2[c-]c3ccccc3s2)c2cc3ccccc3cc12.Cc1cccc(C(F)(F)F)c1-c1nnc(-c2[c-]c3ccccc3s2)c2cc3ccccc3cc12.FC(F)(F)c1ccc(-c2nnc(-c3[c-]c4ccccc4s3)c3cc4ccccc4cc23)cc1C(F)(F)F.[Ir].[Ir].[Ir].[Ir]. The first kappa shape index (κ1) is 102. The van der Waals surface area contributed by atoms with Crippen molar-refractivity contribution >= 4 is 172 Å². The van der Waals surface area contributed by atoms with E-state index < -0.39 is 58.7 Å². The van der Waals surface area contributed by atoms with Crippen LogP contribution in [-0.2, 0) is 111 Å². The van der Waals surface area contributed by atoms with Gasteiger partial charge in [0.2, 0.25) is 0 Å². The topological polar surface area (TPSA) is 103 Å². The van der Waals surface area contributed by atoms with Crippen molar-refractivity contribution in [3.8, 4) is 87.3 Å². The number of aromatic nitrogens is 8. The van der Waals surface area contributed by atoms with E-state index in [2.05, 4.69) is 65.1 Å². The van der Waals surface area contributed by atoms with Gasteiger partial charge in [-0.25, -0.2) is 45.3 Å². The summed E-state index contributed by atoms with van der Waals surface area (Å²) in [5.41, 5.74) is 0.499. The second-order valence-electron chi connectivity index (χ2n) is 33.1. The predicted molar refractivity (Wildman–Crippen MR) is 528 cm³/mol. The summed E-state index contributed by atoms with van der Waals surface area (Å²) in [6.07, 6.45) is -23.8. The van der Waals surface area contributed by atoms with Gasteiger partial charge in [0.25, 0.3) is 0 Å². The van der Waals surface area contributed by atoms with Crippen molar-refractivity contribution in [2.75, 3.05) is 0 Å². The summed E-state index contributed by atoms with van der Waals surface area (Å²) in [7, 11) is 0. The van der Waals surface area contributed by atoms with Gasteiger partial charge < -0.3 is 0 Å². The molecule has 31 heteroatoms. The van der Waals surface area contributed by atoms with Crippen LogP contribution >= 0.6 is 45.3 Å². The van der Waals surface area contributed by atoms with Crippen molar-refractivity contribution in [3.63, 3.8) is 0 Å². The van der Waals surface area contributed by atoms with Gasteiger partial charge in [0.05, 0.1) is 50.6 Å². The molecule has 0 atom stereocenters. The molecular formula is C112H61F15Ir4N8S4-4. The quantitative estimate of drug-likeness (QED) is 0.0842. The number of benzene rings is 16. The van der Waals surface area contributed by atoms with Gasteiger partial charge in [-0.1, -0.05) is 194 Å². The van der Waals surface area contributed by atoms with Crippen molar-refractivity contribution < 1.29 is 146 Å². The van der Waals surface area contributed by atoms with Crippen LogP contribution in [0.4, 0.5) is 65.9 Å². The number of hydrogen-bond acceptors (Lipinski definition) is 12. The third-order valence-electron chi connectivity index (χ3n) is 24.1. The molecule has 8 aromatic heterocycles. The Hall–Kier alpha value is -12.7. The number of thiophene rings is 4. The Labute approximate surface area is 874 Å². The van der Waals surface area contributed by atoms with Crippen molar-refractivity contribution in [1.29, 1.82) is 0 Å². The predicted octanol–water partition coefficient (Wildman–Crippen LogP) is 34.5. The third-order valence-corrected chi connectivity index (χ3v) is 28.4. The van der Waals surface area contributed by atoms with Crippen molar-refractivity contribution in [1.82, 2.24) is 40.8 Å². The number of aryl methyl sites for hydroxylation is 3. The van der Waals surface area contributed by atoms with E-state index in [0.717, 1.165) is 155 Å². The van der Waals surface area contributed by atoms with Crippen LogP contribution in [0.2, 0.25) is 0 Å². The van der Waals surface area contributed by atoms with Gasteiger partial charge >= 0.3 is 30.9 Å². The third kappa shape index (κ3) is 20.3. The summed E-state index contributed by atoms with van der Waals surface area (Å²) in [5.74, 6) is 0. The van der Waals surface area contributed by atoms with Gasteiger partial charge in [-0.05, 0) is 213 Å². The fraction of sp³-hybridized carbons (Fsp3) is 0.0714. The van der Waals surface area contributed by atoms with E-state index in [-0.39, 0.29) is 103 Å². The van der Waals surface area contributed by atoms with E-state index in [9.17, 15) is 65.9 Å². The van der Waals surface area contributed by atoms with Crippen LogP contribution < -0.4 is 0 Å². The smallest absolute Gasteiger partial charge is 0.206 e. The molecule has 0 bridgehead atoms. The summed E-state index contributed by atoms with van der Waals surface area (Å²) in [5, 5.41) is 52.6. The first-order valence-electron chi connectivity index (χ1n) is 43.0. The van der Waals surface area contributed by atoms with Crippen molar-refractivity contribution in [3.05, 3.63) is 384 Å². The number of alkyl halides is 15. The number of halogens is 15. The van der Waals surface area contributed by atoms with Crippen molar-refractivity contribution in [2.45, 2.75) is 51.7 Å². The van der Waals surface area contributed by atoms with Crippen LogP contribution in [0.5, 0.6) is 0 Å². The van der Waals surface area contributed by atoms with Crippen LogP contribution in [0.15, 0.2) is 315 Å². The molecule has 8 nitrogen and oxygen atoms in total. The summed E-state index contributed by atoms with van der Waals surface area (Å²) in [6.45, 7) is 5.12. The Morgan fingerprint density at radius 1 is 0.217 bits per heavy atom. The number of fused-ring (bicyclic) bond motifs is 12. The minimum Gasteiger partial charge on any atom is -0.206 e. The molecule has 24 aromatic rings. The molecule has 0 aliphatic rings. The van der Waals surface area contributed by atoms with Crippen LogP contribution in [0.3, 0.4) is 0 Å². The van der Waals surface area contributed by atoms with Crippen LogP contribution in [0, 0.1) is 45.0 Å². The Morgan fingerprint density at radius 2 is 0.517 bits per heavy atom. The fourth-order valence-electron chi connectivity index (χ4n) is 17.5. The normalized spacial score (nSPS) is 11.9. The summed E-state index contributed by atoms with van der Waals surface area (Å²) >= 11 is 6.14. The molecule has 0 aliphatic heterocycles. The zero-order valence-electron chi connectivity index (χ0n) is 73.7. The van der Waals surface area contributed by atoms with Gasteiger partial charge in [-0.15, -0.1) is 94.3 Å². The molecule has 0 aliphatic carbocycles.